The lowest BCUT2D eigenvalue weighted by molar-refractivity contribution is 0.0942. The number of hydrogen-bond acceptors (Lipinski definition) is 4. The number of aliphatic hydroxyl groups is 1. The van der Waals surface area contributed by atoms with Crippen LogP contribution in [0.1, 0.15) is 30.1 Å². The summed E-state index contributed by atoms with van der Waals surface area (Å²) in [4.78, 5) is 16.1. The van der Waals surface area contributed by atoms with Crippen LogP contribution in [0.15, 0.2) is 35.2 Å². The van der Waals surface area contributed by atoms with Crippen LogP contribution in [0.2, 0.25) is 0 Å². The lowest BCUT2D eigenvalue weighted by Crippen LogP contribution is -2.26. The maximum absolute atomic E-state index is 11.9. The number of aromatic nitrogens is 1. The summed E-state index contributed by atoms with van der Waals surface area (Å²) in [7, 11) is 0. The molecular weight excluding hydrogens is 272 g/mol. The number of nitrogens with zero attached hydrogens (tertiary/aromatic N) is 1. The van der Waals surface area contributed by atoms with E-state index in [4.69, 9.17) is 0 Å². The fraction of sp³-hybridized carbons (Fsp3) is 0.333. The molecule has 2 N–H and O–H groups in total. The first kappa shape index (κ1) is 14.7. The first-order valence-corrected chi connectivity index (χ1v) is 7.60. The van der Waals surface area contributed by atoms with E-state index in [1.54, 1.807) is 29.0 Å². The number of amides is 1. The Kier molecular flexibility index (Phi) is 5.26. The fourth-order valence-electron chi connectivity index (χ4n) is 1.81. The van der Waals surface area contributed by atoms with Crippen LogP contribution in [-0.4, -0.2) is 28.6 Å². The first-order chi connectivity index (χ1) is 9.70. The van der Waals surface area contributed by atoms with Crippen molar-refractivity contribution in [1.29, 1.82) is 0 Å². The van der Waals surface area contributed by atoms with Crippen molar-refractivity contribution in [2.24, 2.45) is 0 Å². The Balaban J connectivity index is 1.91. The number of carbonyl (C=O) groups excluding carboxylic acids is 1. The third-order valence-electron chi connectivity index (χ3n) is 3.11. The lowest BCUT2D eigenvalue weighted by atomic mass is 10.1. The molecular formula is C15H18N2O2S. The molecule has 0 fully saturated rings. The second kappa shape index (κ2) is 7.17. The van der Waals surface area contributed by atoms with E-state index in [0.717, 1.165) is 11.3 Å². The van der Waals surface area contributed by atoms with Crippen molar-refractivity contribution in [2.75, 3.05) is 6.54 Å². The topological polar surface area (TPSA) is 62.2 Å². The molecule has 5 heteroatoms. The van der Waals surface area contributed by atoms with Gasteiger partial charge in [-0.15, -0.1) is 11.3 Å². The van der Waals surface area contributed by atoms with E-state index in [0.29, 0.717) is 24.9 Å². The highest BCUT2D eigenvalue weighted by Crippen LogP contribution is 2.19. The molecule has 0 spiro atoms. The third kappa shape index (κ3) is 3.88. The number of aliphatic hydroxyl groups excluding tert-OH is 1. The van der Waals surface area contributed by atoms with Gasteiger partial charge in [0.25, 0.3) is 5.91 Å². The van der Waals surface area contributed by atoms with Gasteiger partial charge in [0.15, 0.2) is 0 Å². The van der Waals surface area contributed by atoms with Crippen LogP contribution in [0.25, 0.3) is 11.3 Å². The van der Waals surface area contributed by atoms with Gasteiger partial charge in [0, 0.05) is 23.1 Å². The second-order valence-electron chi connectivity index (χ2n) is 4.56. The molecule has 1 heterocycles. The lowest BCUT2D eigenvalue weighted by Gasteiger charge is -2.09. The van der Waals surface area contributed by atoms with Crippen molar-refractivity contribution in [3.8, 4) is 11.3 Å². The van der Waals surface area contributed by atoms with Crippen LogP contribution in [0.5, 0.6) is 0 Å². The molecule has 0 bridgehead atoms. The number of benzene rings is 1. The molecule has 2 rings (SSSR count). The predicted octanol–water partition coefficient (Wildman–Crippen LogP) is 2.70. The average molecular weight is 290 g/mol. The Hall–Kier alpha value is -1.72. The Morgan fingerprint density at radius 1 is 1.40 bits per heavy atom. The van der Waals surface area contributed by atoms with Gasteiger partial charge in [0.05, 0.1) is 17.3 Å². The van der Waals surface area contributed by atoms with Crippen molar-refractivity contribution in [1.82, 2.24) is 10.3 Å². The maximum Gasteiger partial charge on any atom is 0.251 e. The normalized spacial score (nSPS) is 12.1. The summed E-state index contributed by atoms with van der Waals surface area (Å²) in [5.41, 5.74) is 4.34. The molecule has 1 aromatic heterocycles. The molecule has 2 aromatic rings. The molecule has 1 atom stereocenters. The van der Waals surface area contributed by atoms with Gasteiger partial charge in [-0.25, -0.2) is 4.98 Å². The predicted molar refractivity (Wildman–Crippen MR) is 80.8 cm³/mol. The summed E-state index contributed by atoms with van der Waals surface area (Å²) < 4.78 is 0. The third-order valence-corrected chi connectivity index (χ3v) is 3.70. The Bertz CT molecular complexity index is 538. The van der Waals surface area contributed by atoms with Gasteiger partial charge in [-0.1, -0.05) is 19.1 Å². The van der Waals surface area contributed by atoms with E-state index >= 15 is 0 Å². The zero-order chi connectivity index (χ0) is 14.4. The number of carbonyl (C=O) groups is 1. The van der Waals surface area contributed by atoms with E-state index in [2.05, 4.69) is 10.3 Å². The zero-order valence-electron chi connectivity index (χ0n) is 11.4. The van der Waals surface area contributed by atoms with Gasteiger partial charge in [-0.2, -0.15) is 0 Å². The van der Waals surface area contributed by atoms with Crippen molar-refractivity contribution >= 4 is 17.2 Å². The largest absolute Gasteiger partial charge is 0.393 e. The van der Waals surface area contributed by atoms with Crippen LogP contribution in [0, 0.1) is 0 Å². The molecule has 1 aromatic carbocycles. The number of hydrogen-bond donors (Lipinski definition) is 2. The Morgan fingerprint density at radius 2 is 2.15 bits per heavy atom. The van der Waals surface area contributed by atoms with Crippen LogP contribution in [-0.2, 0) is 0 Å². The first-order valence-electron chi connectivity index (χ1n) is 6.65. The van der Waals surface area contributed by atoms with E-state index < -0.39 is 0 Å². The average Bonchev–Trinajstić information content (AvgIpc) is 3.01. The summed E-state index contributed by atoms with van der Waals surface area (Å²) in [5, 5.41) is 14.2. The monoisotopic (exact) mass is 290 g/mol. The summed E-state index contributed by atoms with van der Waals surface area (Å²) in [6, 6.07) is 7.37. The number of thiazole rings is 1. The van der Waals surface area contributed by atoms with Crippen LogP contribution in [0.4, 0.5) is 0 Å². The van der Waals surface area contributed by atoms with E-state index in [1.807, 2.05) is 24.4 Å². The van der Waals surface area contributed by atoms with Crippen molar-refractivity contribution < 1.29 is 9.90 Å². The highest BCUT2D eigenvalue weighted by atomic mass is 32.1. The minimum Gasteiger partial charge on any atom is -0.393 e. The van der Waals surface area contributed by atoms with Crippen LogP contribution < -0.4 is 5.32 Å². The minimum atomic E-state index is -0.345. The zero-order valence-corrected chi connectivity index (χ0v) is 12.2. The molecule has 1 amide bonds. The highest BCUT2D eigenvalue weighted by molar-refractivity contribution is 7.07. The highest BCUT2D eigenvalue weighted by Gasteiger charge is 2.07. The second-order valence-corrected chi connectivity index (χ2v) is 5.28. The molecule has 0 radical (unpaired) electrons. The molecule has 0 aliphatic rings. The fourth-order valence-corrected chi connectivity index (χ4v) is 2.37. The SMILES string of the molecule is CCC(O)CCNC(=O)c1ccc(-c2cscn2)cc1. The smallest absolute Gasteiger partial charge is 0.251 e. The van der Waals surface area contributed by atoms with Gasteiger partial charge in [-0.05, 0) is 25.0 Å². The van der Waals surface area contributed by atoms with Crippen molar-refractivity contribution in [3.63, 3.8) is 0 Å². The summed E-state index contributed by atoms with van der Waals surface area (Å²) in [6.07, 6.45) is 0.944. The molecule has 0 saturated heterocycles. The van der Waals surface area contributed by atoms with Crippen LogP contribution in [0.3, 0.4) is 0 Å². The van der Waals surface area contributed by atoms with E-state index in [-0.39, 0.29) is 12.0 Å². The Labute approximate surface area is 122 Å². The van der Waals surface area contributed by atoms with Gasteiger partial charge in [0.1, 0.15) is 0 Å². The minimum absolute atomic E-state index is 0.113. The molecule has 0 saturated carbocycles. The number of nitrogens with one attached hydrogen (secondary N) is 1. The van der Waals surface area contributed by atoms with E-state index in [9.17, 15) is 9.90 Å². The molecule has 4 nitrogen and oxygen atoms in total. The summed E-state index contributed by atoms with van der Waals surface area (Å²) in [6.45, 7) is 2.41. The summed E-state index contributed by atoms with van der Waals surface area (Å²) in [5.74, 6) is -0.113. The quantitative estimate of drug-likeness (QED) is 0.860. The van der Waals surface area contributed by atoms with Gasteiger partial charge < -0.3 is 10.4 Å². The van der Waals surface area contributed by atoms with Gasteiger partial charge >= 0.3 is 0 Å². The Morgan fingerprint density at radius 3 is 2.75 bits per heavy atom. The molecule has 106 valence electrons. The maximum atomic E-state index is 11.9. The van der Waals surface area contributed by atoms with Crippen molar-refractivity contribution in [3.05, 3.63) is 40.7 Å². The molecule has 20 heavy (non-hydrogen) atoms. The van der Waals surface area contributed by atoms with Gasteiger partial charge in [-0.3, -0.25) is 4.79 Å². The van der Waals surface area contributed by atoms with Crippen LogP contribution >= 0.6 is 11.3 Å². The molecule has 1 unspecified atom stereocenters. The molecule has 0 aliphatic heterocycles. The van der Waals surface area contributed by atoms with Crippen molar-refractivity contribution in [2.45, 2.75) is 25.9 Å². The van der Waals surface area contributed by atoms with Gasteiger partial charge in [0.2, 0.25) is 0 Å². The summed E-state index contributed by atoms with van der Waals surface area (Å²) >= 11 is 1.55. The van der Waals surface area contributed by atoms with E-state index in [1.165, 1.54) is 0 Å². The molecule has 0 aliphatic carbocycles. The number of rotatable bonds is 6. The standard InChI is InChI=1S/C15H18N2O2S/c1-2-13(18)7-8-16-15(19)12-5-3-11(4-6-12)14-9-20-10-17-14/h3-6,9-10,13,18H,2,7-8H2,1H3,(H,16,19).